The van der Waals surface area contributed by atoms with Crippen LogP contribution >= 0.6 is 73.6 Å². The van der Waals surface area contributed by atoms with Crippen molar-refractivity contribution >= 4 is 161 Å². The minimum Gasteiger partial charge on any atom is -0.390 e. The van der Waals surface area contributed by atoms with Gasteiger partial charge in [0.1, 0.15) is 64.4 Å². The number of rotatable bonds is 20. The van der Waals surface area contributed by atoms with E-state index in [1.54, 1.807) is 65.5 Å². The fourth-order valence-corrected chi connectivity index (χ4v) is 20.8. The summed E-state index contributed by atoms with van der Waals surface area (Å²) in [6.45, 7) is 25.8. The first-order chi connectivity index (χ1) is 55.9. The molecule has 15 rings (SSSR count). The highest BCUT2D eigenvalue weighted by atomic mass is 79.9. The van der Waals surface area contributed by atoms with Gasteiger partial charge in [-0.2, -0.15) is 0 Å². The summed E-state index contributed by atoms with van der Waals surface area (Å²) < 4.78 is 52.6. The van der Waals surface area contributed by atoms with Crippen molar-refractivity contribution in [3.05, 3.63) is 113 Å². The molecule has 120 heavy (non-hydrogen) atoms. The van der Waals surface area contributed by atoms with E-state index in [1.807, 2.05) is 6.92 Å². The number of nitrogens with one attached hydrogen (secondary N) is 5. The molecule has 15 heterocycles. The maximum Gasteiger partial charge on any atom is 0.279 e. The van der Waals surface area contributed by atoms with Crippen molar-refractivity contribution in [1.82, 2.24) is 97.6 Å². The van der Waals surface area contributed by atoms with Gasteiger partial charge in [-0.05, 0) is 164 Å². The summed E-state index contributed by atoms with van der Waals surface area (Å²) in [4.78, 5) is 115. The molecule has 0 aliphatic carbocycles. The highest BCUT2D eigenvalue weighted by Gasteiger charge is 2.49. The van der Waals surface area contributed by atoms with Crippen LogP contribution in [0.25, 0.3) is 55.8 Å². The molecule has 0 bridgehead atoms. The van der Waals surface area contributed by atoms with Crippen molar-refractivity contribution in [2.45, 2.75) is 188 Å². The number of H-pyrrole nitrogens is 5. The molecule has 0 saturated carbocycles. The lowest BCUT2D eigenvalue weighted by molar-refractivity contribution is -0.0234. The van der Waals surface area contributed by atoms with Gasteiger partial charge >= 0.3 is 0 Å². The fraction of sp³-hybridized carbons (Fsp3) is 0.605. The fourth-order valence-electron chi connectivity index (χ4n) is 14.6. The molecule has 5 aliphatic heterocycles. The van der Waals surface area contributed by atoms with E-state index in [0.717, 1.165) is 43.7 Å². The number of hydrogen-bond acceptors (Lipinski definition) is 25. The van der Waals surface area contributed by atoms with E-state index in [-0.39, 0.29) is 96.9 Å². The predicted molar refractivity (Wildman–Crippen MR) is 487 cm³/mol. The molecule has 10 N–H and O–H groups in total. The normalized spacial score (nSPS) is 27.9. The predicted octanol–water partition coefficient (Wildman–Crippen LogP) is 6.88. The Kier molecular flexibility index (Phi) is 29.6. The second kappa shape index (κ2) is 37.6. The number of aromatic amines is 5. The number of fused-ring (bicyclic) bond motifs is 5. The average molecular weight is 1870 g/mol. The first-order valence-electron chi connectivity index (χ1n) is 39.1. The number of aryl methyl sites for hydroxylation is 5. The maximum atomic E-state index is 14.6. The third-order valence-electron chi connectivity index (χ3n) is 21.1. The van der Waals surface area contributed by atoms with Crippen LogP contribution in [0.4, 0.5) is 4.39 Å². The van der Waals surface area contributed by atoms with Crippen LogP contribution in [0, 0.1) is 40.5 Å². The molecular formula is C76H113BrCl2FN20O15P5. The van der Waals surface area contributed by atoms with Gasteiger partial charge in [0.15, 0.2) is 86.9 Å². The molecule has 0 radical (unpaired) electrons. The summed E-state index contributed by atoms with van der Waals surface area (Å²) in [5.41, 5.74) is 1.64. The number of aliphatic hydroxyl groups excluding tert-OH is 5. The van der Waals surface area contributed by atoms with Gasteiger partial charge in [0.2, 0.25) is 0 Å². The number of hydrogen-bond donors (Lipinski definition) is 10. The van der Waals surface area contributed by atoms with Gasteiger partial charge in [-0.15, -0.1) is 89.1 Å². The van der Waals surface area contributed by atoms with Gasteiger partial charge in [-0.25, -0.2) is 54.2 Å². The number of nitrogens with zero attached hydrogens (tertiary/aromatic N) is 15. The molecule has 10 aromatic rings. The summed E-state index contributed by atoms with van der Waals surface area (Å²) in [6.07, 6.45) is 25.8. The van der Waals surface area contributed by atoms with E-state index >= 15 is 0 Å². The third kappa shape index (κ3) is 22.2. The van der Waals surface area contributed by atoms with Crippen LogP contribution in [-0.4, -0.2) is 335 Å². The van der Waals surface area contributed by atoms with E-state index in [4.69, 9.17) is 46.9 Å². The molecule has 660 valence electrons. The zero-order chi connectivity index (χ0) is 88.2. The number of alkyl halides is 4. The monoisotopic (exact) mass is 1870 g/mol. The Morgan fingerprint density at radius 1 is 0.375 bits per heavy atom. The van der Waals surface area contributed by atoms with Crippen LogP contribution in [0.3, 0.4) is 0 Å². The van der Waals surface area contributed by atoms with Gasteiger partial charge < -0.3 is 74.1 Å². The molecule has 44 heteroatoms. The summed E-state index contributed by atoms with van der Waals surface area (Å²) in [7, 11) is 0. The Bertz CT molecular complexity index is 5120. The van der Waals surface area contributed by atoms with Crippen molar-refractivity contribution in [3.63, 3.8) is 0 Å². The highest BCUT2D eigenvalue weighted by Crippen LogP contribution is 2.47. The Morgan fingerprint density at radius 2 is 0.592 bits per heavy atom. The van der Waals surface area contributed by atoms with Crippen LogP contribution in [0.1, 0.15) is 99.3 Å². The topological polar surface area (TPSA) is 465 Å². The number of aromatic nitrogens is 20. The van der Waals surface area contributed by atoms with Gasteiger partial charge in [0.05, 0.1) is 79.2 Å². The number of halogens is 4. The van der Waals surface area contributed by atoms with Crippen molar-refractivity contribution in [2.75, 3.05) is 97.5 Å². The maximum absolute atomic E-state index is 14.6. The quantitative estimate of drug-likeness (QED) is 0.0274. The summed E-state index contributed by atoms with van der Waals surface area (Å²) in [5.74, 6) is 2.31. The number of aliphatic hydroxyl groups is 5. The molecule has 0 spiro atoms. The van der Waals surface area contributed by atoms with E-state index in [0.29, 0.717) is 76.5 Å². The molecule has 35 nitrogen and oxygen atoms in total. The molecule has 0 aromatic carbocycles. The summed E-state index contributed by atoms with van der Waals surface area (Å²) >= 11 is 16.3. The zero-order valence-corrected chi connectivity index (χ0v) is 77.9. The third-order valence-corrected chi connectivity index (χ3v) is 30.4. The van der Waals surface area contributed by atoms with Crippen molar-refractivity contribution in [1.29, 1.82) is 0 Å². The molecule has 20 atom stereocenters. The van der Waals surface area contributed by atoms with E-state index in [9.17, 15) is 53.9 Å². The van der Waals surface area contributed by atoms with Crippen LogP contribution in [0.2, 0.25) is 0 Å². The van der Waals surface area contributed by atoms with Gasteiger partial charge in [0.25, 0.3) is 27.8 Å². The summed E-state index contributed by atoms with van der Waals surface area (Å²) in [5, 5.41) is 50.8. The standard InChI is InChI=1S/C16H25N4O3P.C15H22BrN4O3P.2C15H22ClN4O3P.C15H22FN4O3P/c1-9-13(21)11(6-7-24(3,4)5)23-16(9)20-8-17-12-14(20)18-10(2)19-15(12)22;4*1-8-18-13-11(14(22)19-8)17-7-20(13)15-10(16)12(21)9(23-15)5-6-24(2,3)4/h8-9,11,13,16,21H,3,6-7H2,1-2,4-5H3,(H,18,19,22);4*7,9-10,12,15,21H,2,5-6H2,1,3-4H3,(H,18,19,22)/t9-,11-,13+,16-;4*9-,10-,12-,15-/m11111/s1. The van der Waals surface area contributed by atoms with Gasteiger partial charge in [-0.3, -0.25) is 46.8 Å². The van der Waals surface area contributed by atoms with E-state index in [1.165, 1.54) is 23.5 Å². The minimum atomic E-state index is -1.61. The van der Waals surface area contributed by atoms with Crippen LogP contribution in [-0.2, 0) is 23.7 Å². The van der Waals surface area contributed by atoms with Crippen LogP contribution in [0.15, 0.2) is 55.6 Å². The molecule has 5 aliphatic rings. The smallest absolute Gasteiger partial charge is 0.279 e. The lowest BCUT2D eigenvalue weighted by Gasteiger charge is -2.19. The molecule has 10 aromatic heterocycles. The Hall–Kier alpha value is -6.16. The highest BCUT2D eigenvalue weighted by molar-refractivity contribution is 9.09. The van der Waals surface area contributed by atoms with Crippen LogP contribution < -0.4 is 27.8 Å². The first-order valence-corrected chi connectivity index (χ1v) is 56.2. The molecule has 0 unspecified atom stereocenters. The van der Waals surface area contributed by atoms with E-state index < -0.39 is 113 Å². The molecule has 0 amide bonds. The Labute approximate surface area is 711 Å². The largest absolute Gasteiger partial charge is 0.390 e. The van der Waals surface area contributed by atoms with E-state index in [2.05, 4.69) is 189 Å². The Morgan fingerprint density at radius 3 is 0.875 bits per heavy atom. The lowest BCUT2D eigenvalue weighted by Crippen LogP contribution is -2.29. The van der Waals surface area contributed by atoms with Crippen molar-refractivity contribution in [3.8, 4) is 0 Å². The van der Waals surface area contributed by atoms with Crippen LogP contribution in [0.5, 0.6) is 0 Å². The second-order valence-corrected chi connectivity index (χ2v) is 58.7. The first kappa shape index (κ1) is 94.5. The van der Waals surface area contributed by atoms with Crippen molar-refractivity contribution in [2.24, 2.45) is 5.92 Å². The molecular weight excluding hydrogens is 1760 g/mol. The molecule has 5 fully saturated rings. The number of imidazole rings is 5. The average Bonchev–Trinajstić information content (AvgIpc) is 1.64. The second-order valence-electron chi connectivity index (χ2n) is 35.0. The minimum absolute atomic E-state index is 0.111. The summed E-state index contributed by atoms with van der Waals surface area (Å²) in [6, 6.07) is 0. The van der Waals surface area contributed by atoms with Gasteiger partial charge in [-0.1, -0.05) is 22.9 Å². The Balaban J connectivity index is 0.000000147. The van der Waals surface area contributed by atoms with Crippen molar-refractivity contribution < 1.29 is 53.6 Å². The van der Waals surface area contributed by atoms with Gasteiger partial charge in [0, 0.05) is 5.92 Å². The lowest BCUT2D eigenvalue weighted by atomic mass is 10.0. The number of ether oxygens (including phenoxy) is 5. The zero-order valence-electron chi connectivity index (χ0n) is 70.3. The SMILES string of the molecule is C=P(C)(C)CC[C@H]1O[C@@H](n2cnc3c(=O)[nH]c(C)nc32)[C@H](Br)[C@@H]1O.C=P(C)(C)CC[C@H]1O[C@@H](n2cnc3c(=O)[nH]c(C)nc32)[C@H](C)[C@@H]1O.C=P(C)(C)CC[C@H]1O[C@@H](n2cnc3c(=O)[nH]c(C)nc32)[C@H](Cl)[C@@H]1O.C=P(C)(C)CC[C@H]1O[C@@H](n2cnc3c(=O)[nH]c(C)nc32)[C@H](Cl)[C@@H]1O.C=P(C)(C)CC[C@H]1O[C@@H](n2cnc3c(=O)[nH]c(C)nc32)[C@H](F)[C@@H]1O. The molecule has 5 saturated heterocycles.